The number of hydrogen-bond donors (Lipinski definition) is 1. The number of rotatable bonds is 8. The van der Waals surface area contributed by atoms with Crippen LogP contribution in [0.15, 0.2) is 59.8 Å². The van der Waals surface area contributed by atoms with Gasteiger partial charge in [-0.05, 0) is 50.6 Å². The maximum atomic E-state index is 12.6. The van der Waals surface area contributed by atoms with Gasteiger partial charge in [0.15, 0.2) is 5.16 Å². The third kappa shape index (κ3) is 5.13. The van der Waals surface area contributed by atoms with Gasteiger partial charge in [0.1, 0.15) is 11.6 Å². The minimum Gasteiger partial charge on any atom is -0.494 e. The minimum absolute atomic E-state index is 0.0823. The van der Waals surface area contributed by atoms with E-state index < -0.39 is 0 Å². The van der Waals surface area contributed by atoms with Crippen molar-refractivity contribution >= 4 is 23.4 Å². The molecule has 0 spiro atoms. The number of amides is 1. The molecule has 1 heterocycles. The van der Waals surface area contributed by atoms with Crippen molar-refractivity contribution in [1.82, 2.24) is 14.8 Å². The Bertz CT molecular complexity index is 910. The third-order valence-electron chi connectivity index (χ3n) is 4.17. The van der Waals surface area contributed by atoms with Gasteiger partial charge in [-0.25, -0.2) is 0 Å². The number of nitrogens with one attached hydrogen (secondary N) is 1. The number of aryl methyl sites for hydroxylation is 1. The van der Waals surface area contributed by atoms with Crippen molar-refractivity contribution in [3.05, 3.63) is 66.0 Å². The number of benzene rings is 2. The molecule has 0 radical (unpaired) electrons. The van der Waals surface area contributed by atoms with Crippen LogP contribution in [0.25, 0.3) is 0 Å². The van der Waals surface area contributed by atoms with Crippen LogP contribution in [-0.2, 0) is 11.3 Å². The van der Waals surface area contributed by atoms with Crippen LogP contribution in [0.4, 0.5) is 5.69 Å². The summed E-state index contributed by atoms with van der Waals surface area (Å²) in [5, 5.41) is 11.8. The molecule has 0 fully saturated rings. The van der Waals surface area contributed by atoms with Gasteiger partial charge >= 0.3 is 0 Å². The maximum Gasteiger partial charge on any atom is 0.237 e. The van der Waals surface area contributed by atoms with Gasteiger partial charge in [-0.3, -0.25) is 4.79 Å². The van der Waals surface area contributed by atoms with E-state index in [1.807, 2.05) is 67.8 Å². The van der Waals surface area contributed by atoms with E-state index in [0.717, 1.165) is 22.4 Å². The number of anilines is 1. The molecule has 0 aliphatic heterocycles. The molecule has 6 nitrogen and oxygen atoms in total. The predicted octanol–water partition coefficient (Wildman–Crippen LogP) is 4.15. The van der Waals surface area contributed by atoms with Crippen molar-refractivity contribution in [1.29, 1.82) is 0 Å². The molecule has 2 aromatic carbocycles. The fourth-order valence-electron chi connectivity index (χ4n) is 2.65. The molecule has 0 saturated heterocycles. The fraction of sp³-hybridized carbons (Fsp3) is 0.286. The first-order valence-corrected chi connectivity index (χ1v) is 10.1. The molecule has 0 bridgehead atoms. The first kappa shape index (κ1) is 19.9. The Balaban J connectivity index is 1.64. The van der Waals surface area contributed by atoms with E-state index >= 15 is 0 Å². The Hall–Kier alpha value is -2.80. The number of aromatic nitrogens is 3. The second kappa shape index (κ2) is 9.41. The summed E-state index contributed by atoms with van der Waals surface area (Å²) >= 11 is 1.40. The lowest BCUT2D eigenvalue weighted by atomic mass is 10.2. The predicted molar refractivity (Wildman–Crippen MR) is 112 cm³/mol. The molecule has 146 valence electrons. The highest BCUT2D eigenvalue weighted by molar-refractivity contribution is 8.00. The summed E-state index contributed by atoms with van der Waals surface area (Å²) < 4.78 is 7.45. The van der Waals surface area contributed by atoms with Crippen LogP contribution >= 0.6 is 11.8 Å². The average Bonchev–Trinajstić information content (AvgIpc) is 3.04. The summed E-state index contributed by atoms with van der Waals surface area (Å²) in [7, 11) is 0. The number of carbonyl (C=O) groups is 1. The maximum absolute atomic E-state index is 12.6. The lowest BCUT2D eigenvalue weighted by molar-refractivity contribution is -0.115. The van der Waals surface area contributed by atoms with Crippen molar-refractivity contribution < 1.29 is 9.53 Å². The van der Waals surface area contributed by atoms with Crippen LogP contribution in [-0.4, -0.2) is 32.5 Å². The topological polar surface area (TPSA) is 69.0 Å². The summed E-state index contributed by atoms with van der Waals surface area (Å²) in [5.74, 6) is 1.53. The van der Waals surface area contributed by atoms with E-state index in [2.05, 4.69) is 27.6 Å². The molecule has 0 saturated carbocycles. The highest BCUT2D eigenvalue weighted by atomic mass is 32.2. The van der Waals surface area contributed by atoms with E-state index in [0.29, 0.717) is 13.2 Å². The van der Waals surface area contributed by atoms with Crippen LogP contribution in [0.3, 0.4) is 0 Å². The minimum atomic E-state index is -0.315. The van der Waals surface area contributed by atoms with Crippen molar-refractivity contribution in [3.8, 4) is 5.75 Å². The zero-order chi connectivity index (χ0) is 19.9. The Morgan fingerprint density at radius 1 is 1.14 bits per heavy atom. The van der Waals surface area contributed by atoms with Crippen LogP contribution in [0.2, 0.25) is 0 Å². The number of ether oxygens (including phenoxy) is 1. The molecule has 1 aromatic heterocycles. The van der Waals surface area contributed by atoms with Crippen molar-refractivity contribution in [2.24, 2.45) is 0 Å². The molecule has 1 unspecified atom stereocenters. The third-order valence-corrected chi connectivity index (χ3v) is 5.25. The summed E-state index contributed by atoms with van der Waals surface area (Å²) in [5.41, 5.74) is 1.90. The van der Waals surface area contributed by atoms with Crippen LogP contribution in [0, 0.1) is 6.92 Å². The first-order chi connectivity index (χ1) is 13.6. The summed E-state index contributed by atoms with van der Waals surface area (Å²) in [6.45, 7) is 7.01. The monoisotopic (exact) mass is 396 g/mol. The smallest absolute Gasteiger partial charge is 0.237 e. The van der Waals surface area contributed by atoms with Crippen LogP contribution < -0.4 is 10.1 Å². The van der Waals surface area contributed by atoms with Crippen molar-refractivity contribution in [3.63, 3.8) is 0 Å². The van der Waals surface area contributed by atoms with E-state index in [4.69, 9.17) is 4.74 Å². The highest BCUT2D eigenvalue weighted by Gasteiger charge is 2.19. The Kier molecular flexibility index (Phi) is 6.71. The van der Waals surface area contributed by atoms with Gasteiger partial charge in [-0.2, -0.15) is 0 Å². The standard InChI is InChI=1S/C21H24N4O2S/c1-4-27-19-12-10-18(11-13-19)22-20(26)15(2)28-21-24-23-16(3)25(21)14-17-8-6-5-7-9-17/h5-13,15H,4,14H2,1-3H3,(H,22,26). The second-order valence-corrected chi connectivity index (χ2v) is 7.62. The second-order valence-electron chi connectivity index (χ2n) is 6.31. The Labute approximate surface area is 169 Å². The van der Waals surface area contributed by atoms with Gasteiger partial charge in [-0.1, -0.05) is 42.1 Å². The first-order valence-electron chi connectivity index (χ1n) is 9.21. The molecular formula is C21H24N4O2S. The molecule has 3 aromatic rings. The van der Waals surface area contributed by atoms with Crippen molar-refractivity contribution in [2.75, 3.05) is 11.9 Å². The van der Waals surface area contributed by atoms with Gasteiger partial charge in [0.25, 0.3) is 0 Å². The number of thioether (sulfide) groups is 1. The molecule has 0 aliphatic carbocycles. The van der Waals surface area contributed by atoms with Crippen molar-refractivity contribution in [2.45, 2.75) is 37.7 Å². The Morgan fingerprint density at radius 3 is 2.54 bits per heavy atom. The summed E-state index contributed by atoms with van der Waals surface area (Å²) in [6, 6.07) is 17.5. The number of carbonyl (C=O) groups excluding carboxylic acids is 1. The van der Waals surface area contributed by atoms with Gasteiger partial charge in [0.05, 0.1) is 18.4 Å². The zero-order valence-electron chi connectivity index (χ0n) is 16.3. The SMILES string of the molecule is CCOc1ccc(NC(=O)C(C)Sc2nnc(C)n2Cc2ccccc2)cc1. The Morgan fingerprint density at radius 2 is 1.86 bits per heavy atom. The highest BCUT2D eigenvalue weighted by Crippen LogP contribution is 2.24. The average molecular weight is 397 g/mol. The molecule has 0 aliphatic rings. The molecule has 1 amide bonds. The number of nitrogens with zero attached hydrogens (tertiary/aromatic N) is 3. The van der Waals surface area contributed by atoms with Gasteiger partial charge in [0.2, 0.25) is 5.91 Å². The summed E-state index contributed by atoms with van der Waals surface area (Å²) in [4.78, 5) is 12.6. The van der Waals surface area contributed by atoms with E-state index in [1.54, 1.807) is 0 Å². The van der Waals surface area contributed by atoms with E-state index in [-0.39, 0.29) is 11.2 Å². The molecule has 1 atom stereocenters. The normalized spacial score (nSPS) is 11.8. The van der Waals surface area contributed by atoms with Gasteiger partial charge in [0, 0.05) is 5.69 Å². The van der Waals surface area contributed by atoms with Gasteiger partial charge < -0.3 is 14.6 Å². The molecule has 1 N–H and O–H groups in total. The molecule has 7 heteroatoms. The summed E-state index contributed by atoms with van der Waals surface area (Å²) in [6.07, 6.45) is 0. The fourth-order valence-corrected chi connectivity index (χ4v) is 3.55. The van der Waals surface area contributed by atoms with Crippen LogP contribution in [0.5, 0.6) is 5.75 Å². The number of hydrogen-bond acceptors (Lipinski definition) is 5. The van der Waals surface area contributed by atoms with Gasteiger partial charge in [-0.15, -0.1) is 10.2 Å². The van der Waals surface area contributed by atoms with E-state index in [1.165, 1.54) is 17.3 Å². The van der Waals surface area contributed by atoms with E-state index in [9.17, 15) is 4.79 Å². The lowest BCUT2D eigenvalue weighted by Crippen LogP contribution is -2.23. The molecular weight excluding hydrogens is 372 g/mol. The molecule has 3 rings (SSSR count). The van der Waals surface area contributed by atoms with Crippen LogP contribution in [0.1, 0.15) is 25.2 Å². The quantitative estimate of drug-likeness (QED) is 0.579. The lowest BCUT2D eigenvalue weighted by Gasteiger charge is -2.13. The zero-order valence-corrected chi connectivity index (χ0v) is 17.1. The largest absolute Gasteiger partial charge is 0.494 e. The molecule has 28 heavy (non-hydrogen) atoms.